The predicted octanol–water partition coefficient (Wildman–Crippen LogP) is 3.25. The number of carbonyl (C=O) groups excluding carboxylic acids is 1. The molecule has 0 spiro atoms. The summed E-state index contributed by atoms with van der Waals surface area (Å²) in [6.45, 7) is 2.54. The minimum absolute atomic E-state index is 0.225. The minimum Gasteiger partial charge on any atom is -0.392 e. The van der Waals surface area contributed by atoms with E-state index in [0.717, 1.165) is 37.5 Å². The molecule has 3 N–H and O–H groups in total. The van der Waals surface area contributed by atoms with Crippen molar-refractivity contribution in [3.8, 4) is 0 Å². The minimum atomic E-state index is -0.598. The lowest BCUT2D eigenvalue weighted by Gasteiger charge is -2.60. The van der Waals surface area contributed by atoms with Gasteiger partial charge in [0.15, 0.2) is 0 Å². The Labute approximate surface area is 134 Å². The van der Waals surface area contributed by atoms with E-state index in [4.69, 9.17) is 5.73 Å². The number of aliphatic hydroxyl groups excluding tert-OH is 1. The highest BCUT2D eigenvalue weighted by atomic mass is 16.3. The molecule has 7 atom stereocenters. The van der Waals surface area contributed by atoms with Crippen LogP contribution in [-0.4, -0.2) is 17.1 Å². The molecule has 0 aromatic carbocycles. The number of fused-ring (bicyclic) bond motifs is 5. The summed E-state index contributed by atoms with van der Waals surface area (Å²) in [7, 11) is 0. The van der Waals surface area contributed by atoms with Gasteiger partial charge in [-0.25, -0.2) is 0 Å². The number of amides is 1. The second-order valence-corrected chi connectivity index (χ2v) is 8.94. The number of hydrogen-bond donors (Lipinski definition) is 2. The van der Waals surface area contributed by atoms with E-state index in [1.165, 1.54) is 38.5 Å². The van der Waals surface area contributed by atoms with Crippen molar-refractivity contribution in [2.24, 2.45) is 40.2 Å². The number of primary amides is 1. The second kappa shape index (κ2) is 4.96. The maximum Gasteiger partial charge on any atom is 0.226 e. The SMILES string of the molecule is CC12CCCCC1CCC1C2CCC2(C(N)=O)C(O)CCC12. The van der Waals surface area contributed by atoms with E-state index in [-0.39, 0.29) is 5.91 Å². The molecule has 4 fully saturated rings. The van der Waals surface area contributed by atoms with Crippen LogP contribution in [0.5, 0.6) is 0 Å². The van der Waals surface area contributed by atoms with E-state index < -0.39 is 11.5 Å². The Morgan fingerprint density at radius 1 is 1.00 bits per heavy atom. The Balaban J connectivity index is 1.68. The fourth-order valence-corrected chi connectivity index (χ4v) is 7.41. The first-order chi connectivity index (χ1) is 10.5. The van der Waals surface area contributed by atoms with Crippen molar-refractivity contribution in [1.82, 2.24) is 0 Å². The van der Waals surface area contributed by atoms with Crippen molar-refractivity contribution < 1.29 is 9.90 Å². The van der Waals surface area contributed by atoms with Gasteiger partial charge in [0, 0.05) is 0 Å². The van der Waals surface area contributed by atoms with Crippen molar-refractivity contribution >= 4 is 5.91 Å². The van der Waals surface area contributed by atoms with Crippen LogP contribution in [0.15, 0.2) is 0 Å². The van der Waals surface area contributed by atoms with Crippen LogP contribution in [0, 0.1) is 34.5 Å². The fraction of sp³-hybridized carbons (Fsp3) is 0.947. The van der Waals surface area contributed by atoms with E-state index in [1.54, 1.807) is 0 Å². The third-order valence-electron chi connectivity index (χ3n) is 8.51. The first-order valence-electron chi connectivity index (χ1n) is 9.48. The first kappa shape index (κ1) is 15.0. The van der Waals surface area contributed by atoms with Crippen LogP contribution in [0.25, 0.3) is 0 Å². The molecule has 4 aliphatic carbocycles. The zero-order valence-corrected chi connectivity index (χ0v) is 13.9. The van der Waals surface area contributed by atoms with Crippen molar-refractivity contribution in [2.45, 2.75) is 77.2 Å². The monoisotopic (exact) mass is 305 g/mol. The number of aliphatic hydroxyl groups is 1. The van der Waals surface area contributed by atoms with Gasteiger partial charge in [0.2, 0.25) is 5.91 Å². The molecule has 0 radical (unpaired) electrons. The van der Waals surface area contributed by atoms with Gasteiger partial charge in [0.1, 0.15) is 0 Å². The quantitative estimate of drug-likeness (QED) is 0.781. The maximum atomic E-state index is 12.3. The van der Waals surface area contributed by atoms with Crippen LogP contribution in [0.3, 0.4) is 0 Å². The number of rotatable bonds is 1. The molecule has 3 nitrogen and oxygen atoms in total. The van der Waals surface area contributed by atoms with Gasteiger partial charge < -0.3 is 10.8 Å². The standard InChI is InChI=1S/C19H31NO2/c1-18-10-3-2-4-12(18)5-6-13-14(18)9-11-19(17(20)22)15(13)7-8-16(19)21/h12-16,21H,2-11H2,1H3,(H2,20,22). The lowest BCUT2D eigenvalue weighted by Crippen LogP contribution is -2.58. The molecule has 0 aromatic heterocycles. The molecule has 7 unspecified atom stereocenters. The summed E-state index contributed by atoms with van der Waals surface area (Å²) in [5, 5.41) is 10.5. The molecule has 0 heterocycles. The van der Waals surface area contributed by atoms with Gasteiger partial charge in [-0.3, -0.25) is 4.79 Å². The summed E-state index contributed by atoms with van der Waals surface area (Å²) in [6, 6.07) is 0. The van der Waals surface area contributed by atoms with Crippen LogP contribution in [0.1, 0.15) is 71.1 Å². The Morgan fingerprint density at radius 2 is 1.82 bits per heavy atom. The zero-order valence-electron chi connectivity index (χ0n) is 13.9. The van der Waals surface area contributed by atoms with E-state index in [9.17, 15) is 9.90 Å². The van der Waals surface area contributed by atoms with Gasteiger partial charge in [-0.1, -0.05) is 19.8 Å². The molecule has 1 amide bonds. The van der Waals surface area contributed by atoms with Gasteiger partial charge >= 0.3 is 0 Å². The maximum absolute atomic E-state index is 12.3. The second-order valence-electron chi connectivity index (χ2n) is 8.94. The lowest BCUT2D eigenvalue weighted by atomic mass is 9.45. The predicted molar refractivity (Wildman–Crippen MR) is 85.9 cm³/mol. The third-order valence-corrected chi connectivity index (χ3v) is 8.51. The van der Waals surface area contributed by atoms with E-state index >= 15 is 0 Å². The normalized spacial score (nSPS) is 54.2. The molecule has 4 aliphatic rings. The average molecular weight is 305 g/mol. The van der Waals surface area contributed by atoms with Crippen molar-refractivity contribution in [3.05, 3.63) is 0 Å². The lowest BCUT2D eigenvalue weighted by molar-refractivity contribution is -0.156. The molecule has 22 heavy (non-hydrogen) atoms. The molecule has 0 saturated heterocycles. The summed E-state index contributed by atoms with van der Waals surface area (Å²) in [5.41, 5.74) is 5.71. The molecule has 4 rings (SSSR count). The van der Waals surface area contributed by atoms with E-state index in [0.29, 0.717) is 17.3 Å². The van der Waals surface area contributed by atoms with Gasteiger partial charge in [-0.05, 0) is 80.5 Å². The van der Waals surface area contributed by atoms with Gasteiger partial charge in [-0.2, -0.15) is 0 Å². The molecule has 0 aliphatic heterocycles. The van der Waals surface area contributed by atoms with Gasteiger partial charge in [-0.15, -0.1) is 0 Å². The Hall–Kier alpha value is -0.570. The largest absolute Gasteiger partial charge is 0.392 e. The van der Waals surface area contributed by atoms with Crippen LogP contribution in [0.4, 0.5) is 0 Å². The van der Waals surface area contributed by atoms with E-state index in [2.05, 4.69) is 6.92 Å². The number of nitrogens with two attached hydrogens (primary N) is 1. The highest BCUT2D eigenvalue weighted by Gasteiger charge is 2.63. The average Bonchev–Trinajstić information content (AvgIpc) is 2.85. The van der Waals surface area contributed by atoms with E-state index in [1.807, 2.05) is 0 Å². The van der Waals surface area contributed by atoms with Crippen molar-refractivity contribution in [1.29, 1.82) is 0 Å². The summed E-state index contributed by atoms with van der Waals surface area (Å²) >= 11 is 0. The van der Waals surface area contributed by atoms with Crippen molar-refractivity contribution in [3.63, 3.8) is 0 Å². The molecule has 3 heteroatoms. The smallest absolute Gasteiger partial charge is 0.226 e. The number of hydrogen-bond acceptors (Lipinski definition) is 2. The van der Waals surface area contributed by atoms with Crippen LogP contribution in [0.2, 0.25) is 0 Å². The van der Waals surface area contributed by atoms with Gasteiger partial charge in [0.05, 0.1) is 11.5 Å². The fourth-order valence-electron chi connectivity index (χ4n) is 7.41. The first-order valence-corrected chi connectivity index (χ1v) is 9.48. The molecule has 0 bridgehead atoms. The highest BCUT2D eigenvalue weighted by Crippen LogP contribution is 2.66. The van der Waals surface area contributed by atoms with Crippen LogP contribution < -0.4 is 5.73 Å². The Morgan fingerprint density at radius 3 is 2.59 bits per heavy atom. The summed E-state index contributed by atoms with van der Waals surface area (Å²) < 4.78 is 0. The summed E-state index contributed by atoms with van der Waals surface area (Å²) in [6.07, 6.45) is 11.4. The topological polar surface area (TPSA) is 63.3 Å². The Bertz CT molecular complexity index is 478. The summed E-state index contributed by atoms with van der Waals surface area (Å²) in [5.74, 6) is 2.40. The van der Waals surface area contributed by atoms with Crippen LogP contribution >= 0.6 is 0 Å². The molecule has 0 aromatic rings. The molecule has 124 valence electrons. The van der Waals surface area contributed by atoms with Crippen molar-refractivity contribution in [2.75, 3.05) is 0 Å². The molecule has 4 saturated carbocycles. The van der Waals surface area contributed by atoms with Crippen LogP contribution in [-0.2, 0) is 4.79 Å². The highest BCUT2D eigenvalue weighted by molar-refractivity contribution is 5.82. The Kier molecular flexibility index (Phi) is 3.38. The molecular weight excluding hydrogens is 274 g/mol. The molecular formula is C19H31NO2. The summed E-state index contributed by atoms with van der Waals surface area (Å²) in [4.78, 5) is 12.3. The number of carbonyl (C=O) groups is 1. The zero-order chi connectivity index (χ0) is 15.5. The third kappa shape index (κ3) is 1.75. The van der Waals surface area contributed by atoms with Gasteiger partial charge in [0.25, 0.3) is 0 Å².